The number of hydrogen-bond acceptors (Lipinski definition) is 4. The Bertz CT molecular complexity index is 545. The van der Waals surface area contributed by atoms with Gasteiger partial charge in [-0.25, -0.2) is 0 Å². The van der Waals surface area contributed by atoms with Crippen molar-refractivity contribution in [3.63, 3.8) is 0 Å². The van der Waals surface area contributed by atoms with Gasteiger partial charge in [0.2, 0.25) is 5.88 Å². The molecule has 112 valence electrons. The molecule has 0 saturated carbocycles. The molecule has 0 bridgehead atoms. The summed E-state index contributed by atoms with van der Waals surface area (Å²) in [5.74, 6) is 0.625. The summed E-state index contributed by atoms with van der Waals surface area (Å²) < 4.78 is 5.39. The van der Waals surface area contributed by atoms with Gasteiger partial charge in [0, 0.05) is 23.2 Å². The zero-order valence-corrected chi connectivity index (χ0v) is 13.0. The largest absolute Gasteiger partial charge is 0.477 e. The Hall–Kier alpha value is -1.39. The average Bonchev–Trinajstić information content (AvgIpc) is 2.90. The first-order valence-corrected chi connectivity index (χ1v) is 7.89. The second-order valence-corrected chi connectivity index (χ2v) is 5.85. The highest BCUT2D eigenvalue weighted by atomic mass is 35.5. The number of halogens is 1. The zero-order chi connectivity index (χ0) is 14.7. The third kappa shape index (κ3) is 3.63. The Kier molecular flexibility index (Phi) is 4.56. The molecule has 1 aromatic carbocycles. The zero-order valence-electron chi connectivity index (χ0n) is 12.3. The highest BCUT2D eigenvalue weighted by Crippen LogP contribution is 2.29. The maximum Gasteiger partial charge on any atom is 0.238 e. The van der Waals surface area contributed by atoms with Crippen LogP contribution in [0.3, 0.4) is 0 Å². The maximum atomic E-state index is 5.82. The van der Waals surface area contributed by atoms with E-state index in [-0.39, 0.29) is 0 Å². The van der Waals surface area contributed by atoms with E-state index in [1.807, 2.05) is 31.2 Å². The highest BCUT2D eigenvalue weighted by molar-refractivity contribution is 6.30. The minimum atomic E-state index is 0.580. The number of fused-ring (bicyclic) bond motifs is 1. The van der Waals surface area contributed by atoms with Gasteiger partial charge in [-0.05, 0) is 44.0 Å². The number of rotatable bonds is 3. The summed E-state index contributed by atoms with van der Waals surface area (Å²) in [6, 6.07) is 8.66. The lowest BCUT2D eigenvalue weighted by Crippen LogP contribution is -1.93. The molecule has 0 N–H and O–H groups in total. The van der Waals surface area contributed by atoms with Gasteiger partial charge in [0.25, 0.3) is 0 Å². The molecule has 2 atom stereocenters. The molecule has 2 unspecified atom stereocenters. The second kappa shape index (κ2) is 6.58. The SMILES string of the molecule is C1CC2CN2C1.CCOC1=C(c2ccc(Cl)cc2)CN=N1. The van der Waals surface area contributed by atoms with Gasteiger partial charge in [-0.2, -0.15) is 5.11 Å². The summed E-state index contributed by atoms with van der Waals surface area (Å²) in [4.78, 5) is 2.53. The van der Waals surface area contributed by atoms with Gasteiger partial charge < -0.3 is 4.74 Å². The lowest BCUT2D eigenvalue weighted by atomic mass is 10.1. The minimum absolute atomic E-state index is 0.580. The molecule has 0 spiro atoms. The maximum absolute atomic E-state index is 5.82. The predicted molar refractivity (Wildman–Crippen MR) is 84.3 cm³/mol. The van der Waals surface area contributed by atoms with Crippen LogP contribution in [0, 0.1) is 0 Å². The van der Waals surface area contributed by atoms with E-state index in [0.29, 0.717) is 19.0 Å². The van der Waals surface area contributed by atoms with Crippen LogP contribution in [0.25, 0.3) is 5.57 Å². The van der Waals surface area contributed by atoms with Gasteiger partial charge in [-0.15, -0.1) is 5.11 Å². The summed E-state index contributed by atoms with van der Waals surface area (Å²) in [6.07, 6.45) is 2.95. The molecule has 2 saturated heterocycles. The molecule has 0 aliphatic carbocycles. The van der Waals surface area contributed by atoms with Crippen molar-refractivity contribution in [1.29, 1.82) is 0 Å². The van der Waals surface area contributed by atoms with E-state index < -0.39 is 0 Å². The quantitative estimate of drug-likeness (QED) is 0.792. The van der Waals surface area contributed by atoms with Gasteiger partial charge in [0.1, 0.15) is 0 Å². The number of azo groups is 1. The molecule has 1 aromatic rings. The van der Waals surface area contributed by atoms with Crippen LogP contribution in [0.2, 0.25) is 5.02 Å². The first kappa shape index (κ1) is 14.5. The number of piperidine rings is 1. The number of ether oxygens (including phenoxy) is 1. The molecule has 3 heterocycles. The van der Waals surface area contributed by atoms with Crippen LogP contribution in [0.5, 0.6) is 0 Å². The van der Waals surface area contributed by atoms with E-state index in [1.165, 1.54) is 25.9 Å². The third-order valence-electron chi connectivity index (χ3n) is 3.93. The smallest absolute Gasteiger partial charge is 0.238 e. The van der Waals surface area contributed by atoms with Crippen LogP contribution in [0.1, 0.15) is 25.3 Å². The molecule has 0 radical (unpaired) electrons. The van der Waals surface area contributed by atoms with Crippen molar-refractivity contribution >= 4 is 17.2 Å². The number of benzene rings is 1. The average molecular weight is 306 g/mol. The van der Waals surface area contributed by atoms with Gasteiger partial charge >= 0.3 is 0 Å². The Morgan fingerprint density at radius 3 is 2.67 bits per heavy atom. The number of nitrogens with zero attached hydrogens (tertiary/aromatic N) is 3. The molecule has 0 aromatic heterocycles. The van der Waals surface area contributed by atoms with Crippen molar-refractivity contribution in [1.82, 2.24) is 4.90 Å². The molecule has 3 aliphatic heterocycles. The van der Waals surface area contributed by atoms with Crippen molar-refractivity contribution in [2.24, 2.45) is 10.2 Å². The van der Waals surface area contributed by atoms with Gasteiger partial charge in [-0.1, -0.05) is 23.7 Å². The standard InChI is InChI=1S/C11H11ClN2O.C5H9N/c1-2-15-11-10(7-13-14-11)8-3-5-9(12)6-4-8;1-2-5-4-6(5)3-1/h3-6H,2,7H2,1H3;5H,1-4H2. The van der Waals surface area contributed by atoms with Crippen LogP contribution < -0.4 is 0 Å². The summed E-state index contributed by atoms with van der Waals surface area (Å²) in [6.45, 7) is 5.92. The van der Waals surface area contributed by atoms with E-state index in [9.17, 15) is 0 Å². The van der Waals surface area contributed by atoms with Crippen molar-refractivity contribution < 1.29 is 4.74 Å². The summed E-state index contributed by atoms with van der Waals surface area (Å²) in [5.41, 5.74) is 2.08. The molecule has 0 amide bonds. The van der Waals surface area contributed by atoms with Crippen LogP contribution in [-0.4, -0.2) is 37.2 Å². The topological polar surface area (TPSA) is 37.0 Å². The van der Waals surface area contributed by atoms with Crippen molar-refractivity contribution in [2.75, 3.05) is 26.2 Å². The molecule has 21 heavy (non-hydrogen) atoms. The molecular weight excluding hydrogens is 286 g/mol. The normalized spacial score (nSPS) is 25.4. The Balaban J connectivity index is 0.000000180. The van der Waals surface area contributed by atoms with Crippen molar-refractivity contribution in [3.8, 4) is 0 Å². The molecule has 4 rings (SSSR count). The fourth-order valence-corrected chi connectivity index (χ4v) is 2.84. The monoisotopic (exact) mass is 305 g/mol. The summed E-state index contributed by atoms with van der Waals surface area (Å²) >= 11 is 5.82. The molecule has 3 aliphatic rings. The van der Waals surface area contributed by atoms with Crippen molar-refractivity contribution in [2.45, 2.75) is 25.8 Å². The fraction of sp³-hybridized carbons (Fsp3) is 0.500. The Morgan fingerprint density at radius 2 is 2.14 bits per heavy atom. The summed E-state index contributed by atoms with van der Waals surface area (Å²) in [7, 11) is 0. The van der Waals surface area contributed by atoms with Crippen LogP contribution in [0.4, 0.5) is 0 Å². The fourth-order valence-electron chi connectivity index (χ4n) is 2.72. The van der Waals surface area contributed by atoms with Crippen LogP contribution in [-0.2, 0) is 4.74 Å². The van der Waals surface area contributed by atoms with Crippen molar-refractivity contribution in [3.05, 3.63) is 40.7 Å². The lowest BCUT2D eigenvalue weighted by molar-refractivity contribution is 0.228. The molecule has 5 heteroatoms. The summed E-state index contributed by atoms with van der Waals surface area (Å²) in [5, 5.41) is 8.64. The minimum Gasteiger partial charge on any atom is -0.477 e. The molecular formula is C16H20ClN3O. The predicted octanol–water partition coefficient (Wildman–Crippen LogP) is 3.98. The van der Waals surface area contributed by atoms with E-state index in [0.717, 1.165) is 22.2 Å². The molecule has 4 nitrogen and oxygen atoms in total. The Morgan fingerprint density at radius 1 is 1.33 bits per heavy atom. The van der Waals surface area contributed by atoms with Crippen LogP contribution >= 0.6 is 11.6 Å². The second-order valence-electron chi connectivity index (χ2n) is 5.41. The highest BCUT2D eigenvalue weighted by Gasteiger charge is 2.37. The van der Waals surface area contributed by atoms with Gasteiger partial charge in [-0.3, -0.25) is 4.90 Å². The first-order chi connectivity index (χ1) is 10.3. The van der Waals surface area contributed by atoms with Gasteiger partial charge in [0.15, 0.2) is 0 Å². The van der Waals surface area contributed by atoms with Crippen LogP contribution in [0.15, 0.2) is 40.4 Å². The van der Waals surface area contributed by atoms with E-state index >= 15 is 0 Å². The van der Waals surface area contributed by atoms with E-state index in [4.69, 9.17) is 16.3 Å². The van der Waals surface area contributed by atoms with Gasteiger partial charge in [0.05, 0.1) is 13.2 Å². The Labute approximate surface area is 130 Å². The van der Waals surface area contributed by atoms with E-state index in [2.05, 4.69) is 15.1 Å². The number of hydrogen-bond donors (Lipinski definition) is 0. The lowest BCUT2D eigenvalue weighted by Gasteiger charge is -2.04. The third-order valence-corrected chi connectivity index (χ3v) is 4.18. The first-order valence-electron chi connectivity index (χ1n) is 7.51. The molecule has 2 fully saturated rings. The van der Waals surface area contributed by atoms with E-state index in [1.54, 1.807) is 0 Å².